The van der Waals surface area contributed by atoms with Crippen LogP contribution in [-0.4, -0.2) is 278 Å². The van der Waals surface area contributed by atoms with E-state index in [0.717, 1.165) is 47.5 Å². The van der Waals surface area contributed by atoms with Crippen molar-refractivity contribution in [2.24, 2.45) is 5.73 Å². The molecule has 0 radical (unpaired) electrons. The molecule has 8 aromatic rings. The van der Waals surface area contributed by atoms with Crippen molar-refractivity contribution in [2.75, 3.05) is 44.8 Å². The van der Waals surface area contributed by atoms with Crippen molar-refractivity contribution in [3.05, 3.63) is 71.5 Å². The Balaban J connectivity index is 0.000000179. The SMILES string of the molecule is NCCCCCCNc1nc2c(ncn2[C@@H]2O[C@H](CO)C(O)[C@@H]2O)c(=O)[nH]1.O=c1[nH]c(=S)[nH]c2c1ncn2[C@@H]1O[C@H](CO)C(O)[C@@H]1O.O=c1[nH]c(S(=O)(=O)[O-])nc2c1ncn2[C@@H]1O[C@H](CO)C(O)[C@@H]1O.O=c1[nH]c(S(=O)(=O)[O-])nc2c1ncn2[C@@H]1O[C@H](CO)C(O)[C@@H]1O.[Na+].[Na+]. The molecule has 8 aromatic heterocycles. The zero-order valence-corrected chi connectivity index (χ0v) is 55.9. The molecular weight excluding hydrogens is 1360 g/mol. The van der Waals surface area contributed by atoms with Gasteiger partial charge in [-0.15, -0.1) is 0 Å². The maximum absolute atomic E-state index is 12.3. The standard InChI is InChI=1S/C16H26N6O5.2C10H12N4O8S.C10H12N4O5S.2Na/c17-5-3-1-2-4-6-18-16-20-13-10(14(26)21-16)19-8-22(13)15-12(25)11(24)9(7-23)27-15;2*15-1-3-5(16)6(17)9(22-3)14-2-11-4-7(14)12-10(13-8(4)18)23(19,20)21;15-1-3-5(16)6(17)9(19-3)14-2-11-4-7(14)12-10(20)13-8(4)18;;/h8-9,11-12,15,23-25H,1-7,17H2,(H2,18,20,21,26);2*2-3,5-6,9,15-17H,1H2,(H,12,13,18)(H,19,20,21);2-3,5-6,9,15-17H,1H2,(H2,12,13,18,20);;/q;;;;2*+1/p-2/t9-,11?,12+,15-;3*3-,5?,6+,9-;;/m1111../s1. The Hall–Kier alpha value is -5.44. The summed E-state index contributed by atoms with van der Waals surface area (Å²) in [6.07, 6.45) is -10.6. The second-order valence-corrected chi connectivity index (χ2v) is 23.8. The second kappa shape index (κ2) is 32.0. The Morgan fingerprint density at radius 1 is 0.474 bits per heavy atom. The van der Waals surface area contributed by atoms with E-state index in [2.05, 4.69) is 55.2 Å². The minimum atomic E-state index is -5.03. The van der Waals surface area contributed by atoms with Gasteiger partial charge in [-0.3, -0.25) is 57.4 Å². The average Bonchev–Trinajstić information content (AvgIpc) is 1.66. The van der Waals surface area contributed by atoms with Crippen molar-refractivity contribution in [3.8, 4) is 0 Å². The molecule has 0 spiro atoms. The van der Waals surface area contributed by atoms with Gasteiger partial charge in [0.05, 0.1) is 51.7 Å². The van der Waals surface area contributed by atoms with Gasteiger partial charge in [-0.25, -0.2) is 46.7 Å². The van der Waals surface area contributed by atoms with E-state index >= 15 is 0 Å². The molecular formula is C46H60N18Na2O26S3. The monoisotopic (exact) mass is 1420 g/mol. The van der Waals surface area contributed by atoms with Crippen molar-refractivity contribution in [1.29, 1.82) is 0 Å². The van der Waals surface area contributed by atoms with Crippen LogP contribution in [0.5, 0.6) is 0 Å². The first kappa shape index (κ1) is 76.9. The third kappa shape index (κ3) is 16.2. The van der Waals surface area contributed by atoms with Crippen LogP contribution in [0.1, 0.15) is 50.6 Å². The first-order chi connectivity index (χ1) is 44.1. The first-order valence-electron chi connectivity index (χ1n) is 27.5. The van der Waals surface area contributed by atoms with E-state index in [1.165, 1.54) is 21.8 Å². The predicted molar refractivity (Wildman–Crippen MR) is 304 cm³/mol. The number of nitrogens with one attached hydrogen (secondary N) is 6. The topological polar surface area (TPSA) is 689 Å². The summed E-state index contributed by atoms with van der Waals surface area (Å²) >= 11 is 4.88. The molecule has 0 bridgehead atoms. The third-order valence-electron chi connectivity index (χ3n) is 14.8. The number of ether oxygens (including phenoxy) is 4. The molecule has 49 heteroatoms. The Morgan fingerprint density at radius 3 is 1.16 bits per heavy atom. The summed E-state index contributed by atoms with van der Waals surface area (Å²) in [5, 5.41) is 117. The van der Waals surface area contributed by atoms with Crippen molar-refractivity contribution in [1.82, 2.24) is 78.1 Å². The van der Waals surface area contributed by atoms with Gasteiger partial charge in [0.15, 0.2) is 88.9 Å². The molecule has 4 unspecified atom stereocenters. The van der Waals surface area contributed by atoms with Gasteiger partial charge < -0.3 is 105 Å². The van der Waals surface area contributed by atoms with E-state index in [9.17, 15) is 91.1 Å². The Morgan fingerprint density at radius 2 is 0.800 bits per heavy atom. The maximum Gasteiger partial charge on any atom is 1.00 e. The molecule has 4 aliphatic heterocycles. The number of hydrogen-bond acceptors (Lipinski definition) is 36. The Labute approximate surface area is 578 Å². The minimum Gasteiger partial charge on any atom is -0.742 e. The first-order valence-corrected chi connectivity index (χ1v) is 30.7. The molecule has 12 heterocycles. The molecule has 510 valence electrons. The summed E-state index contributed by atoms with van der Waals surface area (Å²) in [6, 6.07) is 0. The molecule has 4 saturated heterocycles. The van der Waals surface area contributed by atoms with Crippen LogP contribution in [0.25, 0.3) is 44.7 Å². The zero-order chi connectivity index (χ0) is 67.7. The van der Waals surface area contributed by atoms with Crippen molar-refractivity contribution >= 4 is 83.1 Å². The summed E-state index contributed by atoms with van der Waals surface area (Å²) in [5.41, 5.74) is 2.15. The molecule has 0 amide bonds. The van der Waals surface area contributed by atoms with E-state index in [1.807, 2.05) is 0 Å². The minimum absolute atomic E-state index is 0. The molecule has 0 saturated carbocycles. The van der Waals surface area contributed by atoms with Crippen LogP contribution in [0.3, 0.4) is 0 Å². The fraction of sp³-hybridized carbons (Fsp3) is 0.565. The molecule has 0 aromatic carbocycles. The van der Waals surface area contributed by atoms with Crippen LogP contribution in [0.4, 0.5) is 5.95 Å². The van der Waals surface area contributed by atoms with E-state index in [1.54, 1.807) is 9.97 Å². The van der Waals surface area contributed by atoms with E-state index in [4.69, 9.17) is 52.2 Å². The zero-order valence-electron chi connectivity index (χ0n) is 49.4. The summed E-state index contributed by atoms with van der Waals surface area (Å²) in [7, 11) is -10.1. The number of hydrogen-bond donors (Lipinski definition) is 19. The molecule has 0 aliphatic carbocycles. The number of aromatic amines is 5. The molecule has 12 rings (SSSR count). The molecule has 4 fully saturated rings. The second-order valence-electron chi connectivity index (χ2n) is 20.8. The van der Waals surface area contributed by atoms with Crippen molar-refractivity contribution in [3.63, 3.8) is 0 Å². The number of unbranched alkanes of at least 4 members (excludes halogenated alkanes) is 3. The molecule has 16 atom stereocenters. The van der Waals surface area contributed by atoms with Gasteiger partial charge in [0.25, 0.3) is 22.2 Å². The maximum atomic E-state index is 12.3. The van der Waals surface area contributed by atoms with Gasteiger partial charge in [0.1, 0.15) is 78.9 Å². The molecule has 4 aliphatic rings. The summed E-state index contributed by atoms with van der Waals surface area (Å²) < 4.78 is 92.4. The van der Waals surface area contributed by atoms with E-state index < -0.39 is 177 Å². The number of rotatable bonds is 17. The van der Waals surface area contributed by atoms with Crippen LogP contribution < -0.4 is 92.4 Å². The van der Waals surface area contributed by atoms with Crippen LogP contribution in [0, 0.1) is 4.77 Å². The van der Waals surface area contributed by atoms with Crippen molar-refractivity contribution in [2.45, 2.75) is 134 Å². The van der Waals surface area contributed by atoms with Gasteiger partial charge in [0, 0.05) is 6.54 Å². The third-order valence-corrected chi connectivity index (χ3v) is 16.3. The van der Waals surface area contributed by atoms with E-state index in [0.29, 0.717) is 19.0 Å². The molecule has 95 heavy (non-hydrogen) atoms. The number of nitrogens with zero attached hydrogens (tertiary/aromatic N) is 11. The normalized spacial score (nSPS) is 27.4. The van der Waals surface area contributed by atoms with Gasteiger partial charge in [-0.05, 0) is 31.6 Å². The van der Waals surface area contributed by atoms with Crippen molar-refractivity contribution < 1.29 is 165 Å². The number of aliphatic hydroxyl groups is 12. The number of anilines is 1. The van der Waals surface area contributed by atoms with Crippen LogP contribution >= 0.6 is 12.2 Å². The number of aliphatic hydroxyl groups excluding tert-OH is 12. The quantitative estimate of drug-likeness (QED) is 0.0132. The largest absolute Gasteiger partial charge is 1.00 e. The van der Waals surface area contributed by atoms with Gasteiger partial charge >= 0.3 is 59.1 Å². The number of H-pyrrole nitrogens is 5. The predicted octanol–water partition coefficient (Wildman–Crippen LogP) is -15.7. The number of imidazole rings is 4. The number of aromatic nitrogens is 16. The van der Waals surface area contributed by atoms with Gasteiger partial charge in [0.2, 0.25) is 16.3 Å². The van der Waals surface area contributed by atoms with Gasteiger partial charge in [-0.1, -0.05) is 12.8 Å². The smallest absolute Gasteiger partial charge is 0.742 e. The fourth-order valence-corrected chi connectivity index (χ4v) is 11.1. The van der Waals surface area contributed by atoms with Crippen LogP contribution in [0.2, 0.25) is 0 Å². The number of nitrogens with two attached hydrogens (primary N) is 1. The van der Waals surface area contributed by atoms with Gasteiger partial charge in [-0.2, -0.15) is 4.98 Å². The Kier molecular flexibility index (Phi) is 25.9. The molecule has 20 N–H and O–H groups in total. The van der Waals surface area contributed by atoms with Crippen LogP contribution in [-0.2, 0) is 39.2 Å². The average molecular weight is 1420 g/mol. The van der Waals surface area contributed by atoms with E-state index in [-0.39, 0.29) is 109 Å². The summed E-state index contributed by atoms with van der Waals surface area (Å²) in [4.78, 5) is 85.7. The fourth-order valence-electron chi connectivity index (χ4n) is 10.0. The summed E-state index contributed by atoms with van der Waals surface area (Å²) in [5.74, 6) is 0.291. The molecule has 44 nitrogen and oxygen atoms in total. The number of fused-ring (bicyclic) bond motifs is 4. The Bertz CT molecular complexity index is 4360. The van der Waals surface area contributed by atoms with Crippen LogP contribution in [0.15, 0.2) is 54.8 Å². The summed E-state index contributed by atoms with van der Waals surface area (Å²) in [6.45, 7) is -0.694.